The minimum absolute atomic E-state index is 0.280. The number of amides is 1. The van der Waals surface area contributed by atoms with E-state index in [1.165, 1.54) is 19.2 Å². The minimum Gasteiger partial charge on any atom is -0.394 e. The average Bonchev–Trinajstić information content (AvgIpc) is 3.42. The van der Waals surface area contributed by atoms with Gasteiger partial charge in [-0.15, -0.1) is 0 Å². The Balaban J connectivity index is 1.68. The number of carbonyl (C=O) groups excluding carboxylic acids is 1. The zero-order valence-corrected chi connectivity index (χ0v) is 17.1. The Morgan fingerprint density at radius 2 is 2.03 bits per heavy atom. The first kappa shape index (κ1) is 21.2. The summed E-state index contributed by atoms with van der Waals surface area (Å²) in [5.41, 5.74) is 0.713. The van der Waals surface area contributed by atoms with E-state index in [0.29, 0.717) is 24.0 Å². The number of fused-ring (bicyclic) bond motifs is 1. The molecule has 1 aliphatic rings. The van der Waals surface area contributed by atoms with E-state index < -0.39 is 36.3 Å². The highest BCUT2D eigenvalue weighted by Crippen LogP contribution is 2.38. The van der Waals surface area contributed by atoms with Gasteiger partial charge in [0.25, 0.3) is 5.91 Å². The van der Waals surface area contributed by atoms with Crippen molar-refractivity contribution in [3.63, 3.8) is 0 Å². The number of rotatable bonds is 6. The molecule has 4 rings (SSSR count). The molecular formula is C22H24F2N4O3. The molecule has 164 valence electrons. The van der Waals surface area contributed by atoms with Crippen LogP contribution in [0.1, 0.15) is 41.7 Å². The summed E-state index contributed by atoms with van der Waals surface area (Å²) in [5.74, 6) is -1.41. The molecule has 1 aromatic carbocycles. The maximum atomic E-state index is 14.4. The summed E-state index contributed by atoms with van der Waals surface area (Å²) in [6.45, 7) is 1.35. The van der Waals surface area contributed by atoms with Gasteiger partial charge in [-0.3, -0.25) is 4.79 Å². The van der Waals surface area contributed by atoms with E-state index in [1.54, 1.807) is 16.8 Å². The number of aliphatic hydroxyl groups is 2. The number of hydrogen-bond acceptors (Lipinski definition) is 5. The number of nitrogens with zero attached hydrogens (tertiary/aromatic N) is 3. The van der Waals surface area contributed by atoms with Crippen molar-refractivity contribution in [1.82, 2.24) is 14.9 Å². The van der Waals surface area contributed by atoms with Crippen LogP contribution in [0.4, 0.5) is 14.5 Å². The fourth-order valence-corrected chi connectivity index (χ4v) is 3.96. The van der Waals surface area contributed by atoms with Gasteiger partial charge in [0, 0.05) is 24.0 Å². The predicted octanol–water partition coefficient (Wildman–Crippen LogP) is 2.43. The van der Waals surface area contributed by atoms with E-state index in [0.717, 1.165) is 24.2 Å². The van der Waals surface area contributed by atoms with Crippen LogP contribution in [0, 0.1) is 11.6 Å². The van der Waals surface area contributed by atoms with Gasteiger partial charge in [0.15, 0.2) is 0 Å². The molecule has 3 heterocycles. The smallest absolute Gasteiger partial charge is 0.255 e. The maximum Gasteiger partial charge on any atom is 0.255 e. The van der Waals surface area contributed by atoms with Crippen molar-refractivity contribution < 1.29 is 23.8 Å². The summed E-state index contributed by atoms with van der Waals surface area (Å²) in [6, 6.07) is 6.77. The topological polar surface area (TPSA) is 90.1 Å². The van der Waals surface area contributed by atoms with Crippen molar-refractivity contribution in [3.8, 4) is 0 Å². The van der Waals surface area contributed by atoms with Gasteiger partial charge in [-0.2, -0.15) is 5.10 Å². The van der Waals surface area contributed by atoms with Crippen molar-refractivity contribution in [2.24, 2.45) is 0 Å². The summed E-state index contributed by atoms with van der Waals surface area (Å²) in [6.07, 6.45) is 4.63. The number of aliphatic hydroxyl groups excluding tert-OH is 2. The third kappa shape index (κ3) is 3.98. The standard InChI is InChI=1S/C22H24F2N4O3/c1-22(12-29,13-30)26-21(31)17-11-25-28-8-6-15(10-20(17)28)27-7-2-3-19(27)16-9-14(23)4-5-18(16)24/h4-6,8-11,19,29-30H,2-3,7,12-13H2,1H3,(H,26,31). The third-order valence-electron chi connectivity index (χ3n) is 5.76. The number of aromatic nitrogens is 2. The van der Waals surface area contributed by atoms with Crippen LogP contribution in [0.25, 0.3) is 5.52 Å². The molecule has 3 aromatic rings. The van der Waals surface area contributed by atoms with Crippen LogP contribution in [-0.2, 0) is 0 Å². The summed E-state index contributed by atoms with van der Waals surface area (Å²) >= 11 is 0. The Labute approximate surface area is 177 Å². The molecule has 0 saturated carbocycles. The Hall–Kier alpha value is -3.04. The quantitative estimate of drug-likeness (QED) is 0.559. The predicted molar refractivity (Wildman–Crippen MR) is 111 cm³/mol. The van der Waals surface area contributed by atoms with Gasteiger partial charge in [-0.1, -0.05) is 0 Å². The molecule has 7 nitrogen and oxygen atoms in total. The molecule has 3 N–H and O–H groups in total. The molecule has 1 atom stereocenters. The zero-order chi connectivity index (χ0) is 22.2. The van der Waals surface area contributed by atoms with Crippen molar-refractivity contribution in [1.29, 1.82) is 0 Å². The molecule has 0 radical (unpaired) electrons. The number of carbonyl (C=O) groups is 1. The molecule has 1 aliphatic heterocycles. The Morgan fingerprint density at radius 3 is 2.77 bits per heavy atom. The lowest BCUT2D eigenvalue weighted by atomic mass is 10.0. The average molecular weight is 430 g/mol. The maximum absolute atomic E-state index is 14.4. The molecule has 1 saturated heterocycles. The summed E-state index contributed by atoms with van der Waals surface area (Å²) in [5, 5.41) is 25.7. The fraction of sp³-hybridized carbons (Fsp3) is 0.364. The first-order valence-corrected chi connectivity index (χ1v) is 10.1. The molecular weight excluding hydrogens is 406 g/mol. The number of pyridine rings is 1. The van der Waals surface area contributed by atoms with E-state index in [-0.39, 0.29) is 11.6 Å². The number of hydrogen-bond donors (Lipinski definition) is 3. The second-order valence-electron chi connectivity index (χ2n) is 8.12. The van der Waals surface area contributed by atoms with Gasteiger partial charge < -0.3 is 20.4 Å². The number of anilines is 1. The lowest BCUT2D eigenvalue weighted by molar-refractivity contribution is 0.0725. The lowest BCUT2D eigenvalue weighted by Crippen LogP contribution is -2.51. The molecule has 0 bridgehead atoms. The van der Waals surface area contributed by atoms with Crippen LogP contribution in [-0.4, -0.2) is 51.0 Å². The molecule has 9 heteroatoms. The summed E-state index contributed by atoms with van der Waals surface area (Å²) in [7, 11) is 0. The fourth-order valence-electron chi connectivity index (χ4n) is 3.96. The molecule has 31 heavy (non-hydrogen) atoms. The van der Waals surface area contributed by atoms with E-state index >= 15 is 0 Å². The molecule has 2 aromatic heterocycles. The second-order valence-corrected chi connectivity index (χ2v) is 8.12. The number of nitrogens with one attached hydrogen (secondary N) is 1. The van der Waals surface area contributed by atoms with Gasteiger partial charge >= 0.3 is 0 Å². The Morgan fingerprint density at radius 1 is 1.26 bits per heavy atom. The highest BCUT2D eigenvalue weighted by atomic mass is 19.1. The SMILES string of the molecule is CC(CO)(CO)NC(=O)c1cnn2ccc(N3CCCC3c3cc(F)ccc3F)cc12. The molecule has 1 fully saturated rings. The Kier molecular flexibility index (Phi) is 5.63. The highest BCUT2D eigenvalue weighted by molar-refractivity contribution is 6.01. The largest absolute Gasteiger partial charge is 0.394 e. The van der Waals surface area contributed by atoms with Crippen LogP contribution < -0.4 is 10.2 Å². The monoisotopic (exact) mass is 430 g/mol. The van der Waals surface area contributed by atoms with Crippen molar-refractivity contribution in [2.75, 3.05) is 24.7 Å². The first-order chi connectivity index (χ1) is 14.8. The number of halogens is 2. The van der Waals surface area contributed by atoms with Crippen LogP contribution in [0.3, 0.4) is 0 Å². The Bertz CT molecular complexity index is 1110. The normalized spacial score (nSPS) is 16.8. The molecule has 0 spiro atoms. The summed E-state index contributed by atoms with van der Waals surface area (Å²) in [4.78, 5) is 14.8. The van der Waals surface area contributed by atoms with Crippen LogP contribution in [0.5, 0.6) is 0 Å². The molecule has 1 amide bonds. The van der Waals surface area contributed by atoms with Gasteiger partial charge in [-0.25, -0.2) is 13.3 Å². The van der Waals surface area contributed by atoms with Gasteiger partial charge in [0.2, 0.25) is 0 Å². The highest BCUT2D eigenvalue weighted by Gasteiger charge is 2.30. The zero-order valence-electron chi connectivity index (χ0n) is 17.1. The third-order valence-corrected chi connectivity index (χ3v) is 5.76. The van der Waals surface area contributed by atoms with E-state index in [1.807, 2.05) is 11.0 Å². The van der Waals surface area contributed by atoms with Crippen molar-refractivity contribution in [3.05, 3.63) is 65.5 Å². The number of benzene rings is 1. The van der Waals surface area contributed by atoms with E-state index in [2.05, 4.69) is 10.4 Å². The van der Waals surface area contributed by atoms with Crippen molar-refractivity contribution in [2.45, 2.75) is 31.3 Å². The van der Waals surface area contributed by atoms with Crippen LogP contribution >= 0.6 is 0 Å². The molecule has 1 unspecified atom stereocenters. The lowest BCUT2D eigenvalue weighted by Gasteiger charge is -2.28. The summed E-state index contributed by atoms with van der Waals surface area (Å²) < 4.78 is 29.7. The minimum atomic E-state index is -1.17. The van der Waals surface area contributed by atoms with Gasteiger partial charge in [0.1, 0.15) is 11.6 Å². The van der Waals surface area contributed by atoms with Crippen LogP contribution in [0.2, 0.25) is 0 Å². The van der Waals surface area contributed by atoms with E-state index in [4.69, 9.17) is 0 Å². The van der Waals surface area contributed by atoms with Crippen LogP contribution in [0.15, 0.2) is 42.7 Å². The molecule has 0 aliphatic carbocycles. The first-order valence-electron chi connectivity index (χ1n) is 10.1. The second kappa shape index (κ2) is 8.24. The van der Waals surface area contributed by atoms with Crippen molar-refractivity contribution >= 4 is 17.1 Å². The van der Waals surface area contributed by atoms with Gasteiger partial charge in [-0.05, 0) is 50.1 Å². The van der Waals surface area contributed by atoms with Gasteiger partial charge in [0.05, 0.1) is 42.1 Å². The van der Waals surface area contributed by atoms with E-state index in [9.17, 15) is 23.8 Å².